The van der Waals surface area contributed by atoms with E-state index in [1.165, 1.54) is 0 Å². The molecule has 0 saturated carbocycles. The number of hydrogen-bond acceptors (Lipinski definition) is 3. The van der Waals surface area contributed by atoms with E-state index in [-0.39, 0.29) is 5.91 Å². The number of hydrogen-bond donors (Lipinski definition) is 1. The van der Waals surface area contributed by atoms with E-state index >= 15 is 0 Å². The lowest BCUT2D eigenvalue weighted by atomic mass is 10.2. The molecule has 1 aliphatic heterocycles. The minimum atomic E-state index is 0.262. The van der Waals surface area contributed by atoms with Crippen LogP contribution in [0.1, 0.15) is 18.2 Å². The fourth-order valence-electron chi connectivity index (χ4n) is 1.93. The van der Waals surface area contributed by atoms with Gasteiger partial charge in [-0.1, -0.05) is 6.07 Å². The fourth-order valence-corrected chi connectivity index (χ4v) is 2.63. The molecule has 1 aliphatic rings. The maximum absolute atomic E-state index is 12.0. The van der Waals surface area contributed by atoms with Gasteiger partial charge >= 0.3 is 0 Å². The first-order valence-corrected chi connectivity index (χ1v) is 6.67. The summed E-state index contributed by atoms with van der Waals surface area (Å²) in [7, 11) is 0. The predicted octanol–water partition coefficient (Wildman–Crippen LogP) is 1.50. The molecule has 0 aliphatic carbocycles. The normalized spacial score (nSPS) is 21.8. The van der Waals surface area contributed by atoms with E-state index in [0.717, 1.165) is 30.9 Å². The molecular formula is C12H18N2OS. The van der Waals surface area contributed by atoms with Gasteiger partial charge in [-0.15, -0.1) is 11.3 Å². The Morgan fingerprint density at radius 1 is 1.62 bits per heavy atom. The Morgan fingerprint density at radius 2 is 2.50 bits per heavy atom. The molecule has 0 spiro atoms. The monoisotopic (exact) mass is 238 g/mol. The van der Waals surface area contributed by atoms with Crippen LogP contribution in [0.2, 0.25) is 0 Å². The van der Waals surface area contributed by atoms with Gasteiger partial charge < -0.3 is 10.2 Å². The molecule has 0 radical (unpaired) electrons. The number of thiophene rings is 1. The van der Waals surface area contributed by atoms with Crippen molar-refractivity contribution in [1.29, 1.82) is 0 Å². The molecule has 1 N–H and O–H groups in total. The number of carbonyl (C=O) groups excluding carboxylic acids is 1. The van der Waals surface area contributed by atoms with E-state index in [1.807, 2.05) is 22.4 Å². The first-order chi connectivity index (χ1) is 7.75. The zero-order chi connectivity index (χ0) is 11.4. The summed E-state index contributed by atoms with van der Waals surface area (Å²) in [6.07, 6.45) is 1.61. The average Bonchev–Trinajstić information content (AvgIpc) is 2.66. The van der Waals surface area contributed by atoms with Crippen molar-refractivity contribution in [2.24, 2.45) is 0 Å². The molecule has 88 valence electrons. The van der Waals surface area contributed by atoms with Crippen LogP contribution in [-0.2, 0) is 11.2 Å². The molecule has 2 rings (SSSR count). The van der Waals surface area contributed by atoms with Crippen LogP contribution in [-0.4, -0.2) is 36.5 Å². The highest BCUT2D eigenvalue weighted by molar-refractivity contribution is 7.10. The molecular weight excluding hydrogens is 220 g/mol. The smallest absolute Gasteiger partial charge is 0.227 e. The number of rotatable bonds is 2. The van der Waals surface area contributed by atoms with Gasteiger partial charge in [0.25, 0.3) is 0 Å². The van der Waals surface area contributed by atoms with Crippen molar-refractivity contribution in [3.8, 4) is 0 Å². The Kier molecular flexibility index (Phi) is 3.96. The third-order valence-electron chi connectivity index (χ3n) is 2.96. The van der Waals surface area contributed by atoms with Crippen LogP contribution in [0, 0.1) is 0 Å². The maximum Gasteiger partial charge on any atom is 0.227 e. The van der Waals surface area contributed by atoms with E-state index < -0.39 is 0 Å². The fraction of sp³-hybridized carbons (Fsp3) is 0.583. The van der Waals surface area contributed by atoms with Crippen LogP contribution < -0.4 is 5.32 Å². The standard InChI is InChI=1S/C12H18N2OS/c1-10-4-6-14(7-5-13-10)12(15)9-11-3-2-8-16-11/h2-3,8,10,13H,4-7,9H2,1H3. The Labute approximate surface area is 100 Å². The Bertz CT molecular complexity index is 337. The Hall–Kier alpha value is -0.870. The SMILES string of the molecule is CC1CCN(C(=O)Cc2cccs2)CCN1. The minimum Gasteiger partial charge on any atom is -0.341 e. The number of nitrogens with one attached hydrogen (secondary N) is 1. The number of carbonyl (C=O) groups is 1. The van der Waals surface area contributed by atoms with Gasteiger partial charge in [0.1, 0.15) is 0 Å². The predicted molar refractivity (Wildman–Crippen MR) is 66.7 cm³/mol. The third-order valence-corrected chi connectivity index (χ3v) is 3.84. The zero-order valence-electron chi connectivity index (χ0n) is 9.61. The molecule has 16 heavy (non-hydrogen) atoms. The Balaban J connectivity index is 1.89. The molecule has 3 nitrogen and oxygen atoms in total. The summed E-state index contributed by atoms with van der Waals surface area (Å²) in [4.78, 5) is 15.2. The van der Waals surface area contributed by atoms with Crippen LogP contribution in [0.25, 0.3) is 0 Å². The molecule has 0 aromatic carbocycles. The highest BCUT2D eigenvalue weighted by Crippen LogP contribution is 2.11. The van der Waals surface area contributed by atoms with Gasteiger partial charge in [0.05, 0.1) is 6.42 Å². The highest BCUT2D eigenvalue weighted by atomic mass is 32.1. The zero-order valence-corrected chi connectivity index (χ0v) is 10.4. The molecule has 1 unspecified atom stereocenters. The molecule has 1 saturated heterocycles. The van der Waals surface area contributed by atoms with Gasteiger partial charge in [0, 0.05) is 30.6 Å². The van der Waals surface area contributed by atoms with Crippen LogP contribution in [0.15, 0.2) is 17.5 Å². The summed E-state index contributed by atoms with van der Waals surface area (Å²) >= 11 is 1.66. The Morgan fingerprint density at radius 3 is 3.25 bits per heavy atom. The van der Waals surface area contributed by atoms with Gasteiger partial charge in [-0.25, -0.2) is 0 Å². The summed E-state index contributed by atoms with van der Waals surface area (Å²) in [6.45, 7) is 4.82. The van der Waals surface area contributed by atoms with Crippen LogP contribution in [0.5, 0.6) is 0 Å². The molecule has 1 fully saturated rings. The molecule has 0 bridgehead atoms. The third kappa shape index (κ3) is 3.06. The summed E-state index contributed by atoms with van der Waals surface area (Å²) in [6, 6.07) is 4.56. The average molecular weight is 238 g/mol. The molecule has 2 heterocycles. The molecule has 1 atom stereocenters. The largest absolute Gasteiger partial charge is 0.341 e. The van der Waals surface area contributed by atoms with E-state index in [4.69, 9.17) is 0 Å². The second-order valence-corrected chi connectivity index (χ2v) is 5.31. The summed E-state index contributed by atoms with van der Waals surface area (Å²) in [5.41, 5.74) is 0. The van der Waals surface area contributed by atoms with Crippen molar-refractivity contribution in [1.82, 2.24) is 10.2 Å². The van der Waals surface area contributed by atoms with Crippen molar-refractivity contribution in [3.63, 3.8) is 0 Å². The summed E-state index contributed by atoms with van der Waals surface area (Å²) < 4.78 is 0. The lowest BCUT2D eigenvalue weighted by Crippen LogP contribution is -2.35. The van der Waals surface area contributed by atoms with Crippen LogP contribution >= 0.6 is 11.3 Å². The molecule has 1 amide bonds. The van der Waals surface area contributed by atoms with Crippen LogP contribution in [0.3, 0.4) is 0 Å². The summed E-state index contributed by atoms with van der Waals surface area (Å²) in [5.74, 6) is 0.262. The molecule has 1 aromatic heterocycles. The van der Waals surface area contributed by atoms with Crippen LogP contribution in [0.4, 0.5) is 0 Å². The molecule has 1 aromatic rings. The van der Waals surface area contributed by atoms with Gasteiger partial charge in [-0.3, -0.25) is 4.79 Å². The topological polar surface area (TPSA) is 32.3 Å². The number of amides is 1. The first kappa shape index (κ1) is 11.6. The highest BCUT2D eigenvalue weighted by Gasteiger charge is 2.18. The van der Waals surface area contributed by atoms with E-state index in [9.17, 15) is 4.79 Å². The van der Waals surface area contributed by atoms with Crippen molar-refractivity contribution in [3.05, 3.63) is 22.4 Å². The van der Waals surface area contributed by atoms with Crippen molar-refractivity contribution < 1.29 is 4.79 Å². The lowest BCUT2D eigenvalue weighted by molar-refractivity contribution is -0.130. The second kappa shape index (κ2) is 5.46. The first-order valence-electron chi connectivity index (χ1n) is 5.79. The van der Waals surface area contributed by atoms with Crippen molar-refractivity contribution >= 4 is 17.2 Å². The maximum atomic E-state index is 12.0. The lowest BCUT2D eigenvalue weighted by Gasteiger charge is -2.19. The van der Waals surface area contributed by atoms with Gasteiger partial charge in [0.2, 0.25) is 5.91 Å². The van der Waals surface area contributed by atoms with E-state index in [1.54, 1.807) is 11.3 Å². The second-order valence-electron chi connectivity index (χ2n) is 4.28. The van der Waals surface area contributed by atoms with Gasteiger partial charge in [0.15, 0.2) is 0 Å². The van der Waals surface area contributed by atoms with Gasteiger partial charge in [-0.2, -0.15) is 0 Å². The number of nitrogens with zero attached hydrogens (tertiary/aromatic N) is 1. The van der Waals surface area contributed by atoms with E-state index in [2.05, 4.69) is 12.2 Å². The molecule has 4 heteroatoms. The quantitative estimate of drug-likeness (QED) is 0.847. The van der Waals surface area contributed by atoms with Gasteiger partial charge in [-0.05, 0) is 24.8 Å². The minimum absolute atomic E-state index is 0.262. The van der Waals surface area contributed by atoms with Crippen molar-refractivity contribution in [2.75, 3.05) is 19.6 Å². The van der Waals surface area contributed by atoms with Crippen molar-refractivity contribution in [2.45, 2.75) is 25.8 Å². The van der Waals surface area contributed by atoms with E-state index in [0.29, 0.717) is 12.5 Å². The summed E-state index contributed by atoms with van der Waals surface area (Å²) in [5, 5.41) is 5.42.